The second-order valence-electron chi connectivity index (χ2n) is 8.35. The van der Waals surface area contributed by atoms with Crippen LogP contribution in [0.3, 0.4) is 0 Å². The van der Waals surface area contributed by atoms with Crippen LogP contribution in [0.5, 0.6) is 11.5 Å². The highest BCUT2D eigenvalue weighted by atomic mass is 35.5. The first-order valence-electron chi connectivity index (χ1n) is 10.9. The van der Waals surface area contributed by atoms with Gasteiger partial charge in [0.05, 0.1) is 19.3 Å². The maximum Gasteiger partial charge on any atom is 0.332 e. The average Bonchev–Trinajstić information content (AvgIpc) is 3.34. The van der Waals surface area contributed by atoms with Crippen LogP contribution in [0.15, 0.2) is 27.8 Å². The van der Waals surface area contributed by atoms with Crippen molar-refractivity contribution in [1.29, 1.82) is 0 Å². The van der Waals surface area contributed by atoms with Gasteiger partial charge in [-0.2, -0.15) is 4.98 Å². The molecule has 1 fully saturated rings. The van der Waals surface area contributed by atoms with Crippen LogP contribution in [-0.4, -0.2) is 49.3 Å². The molecular weight excluding hydrogens is 450 g/mol. The van der Waals surface area contributed by atoms with Crippen LogP contribution in [0.25, 0.3) is 11.2 Å². The number of carbonyl (C=O) groups is 1. The van der Waals surface area contributed by atoms with Gasteiger partial charge in [0.1, 0.15) is 6.54 Å². The highest BCUT2D eigenvalue weighted by Gasteiger charge is 2.32. The lowest BCUT2D eigenvalue weighted by Crippen LogP contribution is -2.38. The van der Waals surface area contributed by atoms with E-state index in [0.717, 1.165) is 29.4 Å². The second-order valence-corrected chi connectivity index (χ2v) is 8.68. The predicted molar refractivity (Wildman–Crippen MR) is 121 cm³/mol. The molecule has 2 aliphatic rings. The molecule has 1 atom stereocenters. The fourth-order valence-corrected chi connectivity index (χ4v) is 4.81. The molecule has 33 heavy (non-hydrogen) atoms. The third-order valence-corrected chi connectivity index (χ3v) is 6.61. The highest BCUT2D eigenvalue weighted by molar-refractivity contribution is 6.29. The van der Waals surface area contributed by atoms with Crippen molar-refractivity contribution in [2.24, 2.45) is 14.1 Å². The fourth-order valence-electron chi connectivity index (χ4n) is 4.59. The monoisotopic (exact) mass is 473 g/mol. The maximum absolute atomic E-state index is 13.4. The van der Waals surface area contributed by atoms with E-state index in [4.69, 9.17) is 21.1 Å². The van der Waals surface area contributed by atoms with Crippen molar-refractivity contribution in [2.45, 2.75) is 31.8 Å². The van der Waals surface area contributed by atoms with Gasteiger partial charge in [0, 0.05) is 27.1 Å². The Hall–Kier alpha value is -3.27. The van der Waals surface area contributed by atoms with Crippen molar-refractivity contribution in [3.63, 3.8) is 0 Å². The summed E-state index contributed by atoms with van der Waals surface area (Å²) in [5.74, 6) is 1.23. The van der Waals surface area contributed by atoms with Gasteiger partial charge in [0.2, 0.25) is 11.2 Å². The van der Waals surface area contributed by atoms with Crippen molar-refractivity contribution < 1.29 is 14.3 Å². The molecule has 1 aromatic carbocycles. The summed E-state index contributed by atoms with van der Waals surface area (Å²) in [5.41, 5.74) is 0.214. The van der Waals surface area contributed by atoms with Crippen LogP contribution >= 0.6 is 11.6 Å². The zero-order valence-corrected chi connectivity index (χ0v) is 19.2. The molecule has 0 aliphatic carbocycles. The number of rotatable bonds is 3. The van der Waals surface area contributed by atoms with Gasteiger partial charge in [-0.05, 0) is 42.1 Å². The molecule has 0 radical (unpaired) electrons. The highest BCUT2D eigenvalue weighted by Crippen LogP contribution is 2.38. The van der Waals surface area contributed by atoms with E-state index in [9.17, 15) is 14.4 Å². The first-order chi connectivity index (χ1) is 15.9. The van der Waals surface area contributed by atoms with Crippen molar-refractivity contribution in [3.8, 4) is 11.5 Å². The molecule has 0 spiro atoms. The Morgan fingerprint density at radius 2 is 1.88 bits per heavy atom. The summed E-state index contributed by atoms with van der Waals surface area (Å²) in [6.45, 7) is 1.65. The minimum atomic E-state index is -0.541. The van der Waals surface area contributed by atoms with Gasteiger partial charge in [-0.3, -0.25) is 23.3 Å². The van der Waals surface area contributed by atoms with Crippen LogP contribution in [0.2, 0.25) is 5.28 Å². The van der Waals surface area contributed by atoms with Gasteiger partial charge in [-0.1, -0.05) is 6.07 Å². The SMILES string of the molecule is Cn1c(=O)c2c(nc(Cl)n2CC(=O)N2CCC[C@H]2c2ccc3c(c2)OCCCO3)n(C)c1=O. The predicted octanol–water partition coefficient (Wildman–Crippen LogP) is 1.61. The molecule has 0 saturated carbocycles. The molecule has 3 aromatic rings. The first-order valence-corrected chi connectivity index (χ1v) is 11.3. The Morgan fingerprint density at radius 1 is 1.12 bits per heavy atom. The number of ether oxygens (including phenoxy) is 2. The first kappa shape index (κ1) is 21.6. The quantitative estimate of drug-likeness (QED) is 0.536. The van der Waals surface area contributed by atoms with Crippen LogP contribution in [0, 0.1) is 0 Å². The van der Waals surface area contributed by atoms with E-state index in [1.807, 2.05) is 18.2 Å². The van der Waals surface area contributed by atoms with Crippen LogP contribution < -0.4 is 20.7 Å². The molecule has 174 valence electrons. The van der Waals surface area contributed by atoms with Crippen molar-refractivity contribution in [1.82, 2.24) is 23.6 Å². The molecule has 1 saturated heterocycles. The smallest absolute Gasteiger partial charge is 0.332 e. The van der Waals surface area contributed by atoms with Crippen LogP contribution in [0.4, 0.5) is 0 Å². The van der Waals surface area contributed by atoms with Gasteiger partial charge in [0.15, 0.2) is 22.7 Å². The molecule has 2 aromatic heterocycles. The molecule has 1 amide bonds. The molecule has 5 rings (SSSR count). The van der Waals surface area contributed by atoms with Crippen LogP contribution in [-0.2, 0) is 25.4 Å². The van der Waals surface area contributed by atoms with E-state index in [2.05, 4.69) is 4.98 Å². The number of aryl methyl sites for hydroxylation is 1. The molecule has 0 bridgehead atoms. The number of likely N-dealkylation sites (tertiary alicyclic amines) is 1. The van der Waals surface area contributed by atoms with E-state index >= 15 is 0 Å². The number of halogens is 1. The molecule has 10 nitrogen and oxygen atoms in total. The molecule has 0 N–H and O–H groups in total. The molecule has 2 aliphatic heterocycles. The summed E-state index contributed by atoms with van der Waals surface area (Å²) in [7, 11) is 2.90. The Labute approximate surface area is 193 Å². The fraction of sp³-hybridized carbons (Fsp3) is 0.455. The molecule has 0 unspecified atom stereocenters. The normalized spacial score (nSPS) is 18.0. The minimum absolute atomic E-state index is 0.0111. The number of hydrogen-bond acceptors (Lipinski definition) is 6. The second kappa shape index (κ2) is 8.26. The lowest BCUT2D eigenvalue weighted by molar-refractivity contribution is -0.132. The van der Waals surface area contributed by atoms with Crippen molar-refractivity contribution >= 4 is 28.7 Å². The zero-order valence-electron chi connectivity index (χ0n) is 18.4. The van der Waals surface area contributed by atoms with E-state index in [-0.39, 0.29) is 34.9 Å². The van der Waals surface area contributed by atoms with Gasteiger partial charge in [0.25, 0.3) is 5.56 Å². The number of hydrogen-bond donors (Lipinski definition) is 0. The molecule has 4 heterocycles. The number of carbonyl (C=O) groups excluding carboxylic acids is 1. The van der Waals surface area contributed by atoms with Gasteiger partial charge < -0.3 is 14.4 Å². The summed E-state index contributed by atoms with van der Waals surface area (Å²) >= 11 is 6.30. The number of benzene rings is 1. The number of imidazole rings is 1. The number of nitrogens with zero attached hydrogens (tertiary/aromatic N) is 5. The lowest BCUT2D eigenvalue weighted by atomic mass is 10.0. The van der Waals surface area contributed by atoms with Crippen LogP contribution in [0.1, 0.15) is 30.9 Å². The zero-order chi connectivity index (χ0) is 23.3. The largest absolute Gasteiger partial charge is 0.490 e. The third kappa shape index (κ3) is 3.58. The number of aromatic nitrogens is 4. The molecular formula is C22H24ClN5O5. The summed E-state index contributed by atoms with van der Waals surface area (Å²) in [6, 6.07) is 5.69. The van der Waals surface area contributed by atoms with Gasteiger partial charge >= 0.3 is 5.69 Å². The summed E-state index contributed by atoms with van der Waals surface area (Å²) < 4.78 is 15.1. The minimum Gasteiger partial charge on any atom is -0.490 e. The third-order valence-electron chi connectivity index (χ3n) is 6.32. The molecule has 11 heteroatoms. The Bertz CT molecular complexity index is 1370. The maximum atomic E-state index is 13.4. The Balaban J connectivity index is 1.47. The van der Waals surface area contributed by atoms with Gasteiger partial charge in [-0.25, -0.2) is 4.79 Å². The Kier molecular flexibility index (Phi) is 5.40. The van der Waals surface area contributed by atoms with Gasteiger partial charge in [-0.15, -0.1) is 0 Å². The van der Waals surface area contributed by atoms with E-state index in [0.29, 0.717) is 31.3 Å². The standard InChI is InChI=1S/C22H24ClN5O5/c1-25-19-18(20(30)26(2)22(25)31)28(21(23)24-19)12-17(29)27-8-3-5-14(27)13-6-7-15-16(11-13)33-10-4-9-32-15/h6-7,11,14H,3-5,8-10,12H2,1-2H3/t14-/m0/s1. The lowest BCUT2D eigenvalue weighted by Gasteiger charge is -2.26. The number of fused-ring (bicyclic) bond motifs is 2. The number of amides is 1. The Morgan fingerprint density at radius 3 is 2.67 bits per heavy atom. The van der Waals surface area contributed by atoms with Crippen molar-refractivity contribution in [2.75, 3.05) is 19.8 Å². The summed E-state index contributed by atoms with van der Waals surface area (Å²) in [4.78, 5) is 44.3. The summed E-state index contributed by atoms with van der Waals surface area (Å²) in [5, 5.41) is -0.0111. The topological polar surface area (TPSA) is 101 Å². The van der Waals surface area contributed by atoms with E-state index in [1.54, 1.807) is 4.90 Å². The average molecular weight is 474 g/mol. The van der Waals surface area contributed by atoms with E-state index < -0.39 is 11.2 Å². The van der Waals surface area contributed by atoms with E-state index in [1.165, 1.54) is 23.2 Å². The van der Waals surface area contributed by atoms with Crippen molar-refractivity contribution in [3.05, 3.63) is 49.9 Å². The summed E-state index contributed by atoms with van der Waals surface area (Å²) in [6.07, 6.45) is 2.50.